The van der Waals surface area contributed by atoms with E-state index in [1.54, 1.807) is 18.2 Å². The second-order valence-corrected chi connectivity index (χ2v) is 11.3. The summed E-state index contributed by atoms with van der Waals surface area (Å²) in [6.07, 6.45) is 0. The molecule has 11 nitrogen and oxygen atoms in total. The highest BCUT2D eigenvalue weighted by atomic mass is 32.2. The van der Waals surface area contributed by atoms with E-state index in [4.69, 9.17) is 20.3 Å². The fourth-order valence-electron chi connectivity index (χ4n) is 4.21. The van der Waals surface area contributed by atoms with Crippen molar-refractivity contribution in [2.45, 2.75) is 43.4 Å². The summed E-state index contributed by atoms with van der Waals surface area (Å²) in [5.74, 6) is -1.27. The Hall–Kier alpha value is -3.78. The predicted molar refractivity (Wildman–Crippen MR) is 145 cm³/mol. The van der Waals surface area contributed by atoms with Crippen LogP contribution in [0.3, 0.4) is 0 Å². The Morgan fingerprint density at radius 3 is 2.08 bits per heavy atom. The van der Waals surface area contributed by atoms with Crippen molar-refractivity contribution in [3.63, 3.8) is 0 Å². The van der Waals surface area contributed by atoms with Crippen LogP contribution in [0.15, 0.2) is 56.7 Å². The molecule has 0 bridgehead atoms. The molecule has 39 heavy (non-hydrogen) atoms. The summed E-state index contributed by atoms with van der Waals surface area (Å²) >= 11 is 0. The molecule has 2 aromatic carbocycles. The molecular weight excluding hydrogens is 548 g/mol. The zero-order valence-corrected chi connectivity index (χ0v) is 23.4. The van der Waals surface area contributed by atoms with E-state index in [0.29, 0.717) is 0 Å². The molecule has 0 saturated carbocycles. The quantitative estimate of drug-likeness (QED) is 0.112. The van der Waals surface area contributed by atoms with Crippen molar-refractivity contribution in [1.29, 1.82) is 5.41 Å². The zero-order valence-electron chi connectivity index (χ0n) is 21.8. The molecule has 1 aliphatic heterocycles. The van der Waals surface area contributed by atoms with E-state index >= 15 is 0 Å². The number of esters is 1. The van der Waals surface area contributed by atoms with Crippen LogP contribution >= 0.6 is 0 Å². The lowest BCUT2D eigenvalue weighted by molar-refractivity contribution is 0.0601. The Morgan fingerprint density at radius 2 is 1.54 bits per heavy atom. The lowest BCUT2D eigenvalue weighted by atomic mass is 9.88. The van der Waals surface area contributed by atoms with Crippen molar-refractivity contribution in [3.8, 4) is 22.5 Å². The first-order valence-electron chi connectivity index (χ1n) is 11.7. The average Bonchev–Trinajstić information content (AvgIpc) is 2.85. The first-order valence-corrected chi connectivity index (χ1v) is 14.6. The largest absolute Gasteiger partial charge is 0.465 e. The number of hydrogen-bond acceptors (Lipinski definition) is 9. The number of hydrogen-bond donors (Lipinski definition) is 4. The zero-order chi connectivity index (χ0) is 29.4. The van der Waals surface area contributed by atoms with E-state index in [0.717, 1.165) is 11.6 Å². The van der Waals surface area contributed by atoms with Crippen molar-refractivity contribution in [1.82, 2.24) is 0 Å². The number of carbonyl (C=O) groups is 1. The summed E-state index contributed by atoms with van der Waals surface area (Å²) in [5.41, 5.74) is 6.14. The van der Waals surface area contributed by atoms with Gasteiger partial charge in [0, 0.05) is 16.5 Å². The highest BCUT2D eigenvalue weighted by molar-refractivity contribution is 7.86. The highest BCUT2D eigenvalue weighted by Gasteiger charge is 2.31. The van der Waals surface area contributed by atoms with Gasteiger partial charge in [0.2, 0.25) is 0 Å². The third-order valence-electron chi connectivity index (χ3n) is 5.90. The molecule has 0 amide bonds. The van der Waals surface area contributed by atoms with Crippen LogP contribution in [0.25, 0.3) is 33.4 Å². The monoisotopic (exact) mass is 576 g/mol. The second-order valence-electron chi connectivity index (χ2n) is 8.56. The molecule has 5 N–H and O–H groups in total. The van der Waals surface area contributed by atoms with Crippen LogP contribution in [-0.2, 0) is 25.0 Å². The Morgan fingerprint density at radius 1 is 0.949 bits per heavy atom. The lowest BCUT2D eigenvalue weighted by Crippen LogP contribution is -2.16. The number of rotatable bonds is 5. The molecule has 0 saturated heterocycles. The first-order chi connectivity index (χ1) is 18.2. The molecule has 0 unspecified atom stereocenters. The van der Waals surface area contributed by atoms with Gasteiger partial charge in [-0.25, -0.2) is 4.79 Å². The molecular formula is C26H28N2O9S2. The molecule has 1 heterocycles. The van der Waals surface area contributed by atoms with Crippen LogP contribution in [0.2, 0.25) is 0 Å². The fourth-order valence-corrected chi connectivity index (χ4v) is 5.70. The summed E-state index contributed by atoms with van der Waals surface area (Å²) in [5, 5.41) is 7.48. The van der Waals surface area contributed by atoms with Gasteiger partial charge in [0.05, 0.1) is 23.7 Å². The summed E-state index contributed by atoms with van der Waals surface area (Å²) in [7, 11) is -8.87. The van der Waals surface area contributed by atoms with Gasteiger partial charge in [-0.3, -0.25) is 14.5 Å². The number of carbonyl (C=O) groups excluding carboxylic acids is 1. The number of nitrogen functional groups attached to an aromatic ring is 1. The molecule has 13 heteroatoms. The van der Waals surface area contributed by atoms with Crippen LogP contribution in [0.5, 0.6) is 0 Å². The first kappa shape index (κ1) is 29.8. The number of fused-ring (bicyclic) bond motifs is 2. The number of ether oxygens (including phenoxy) is 1. The molecule has 208 valence electrons. The van der Waals surface area contributed by atoms with Crippen molar-refractivity contribution < 1.29 is 39.9 Å². The number of nitrogens with two attached hydrogens (primary N) is 1. The fraction of sp³-hybridized carbons (Fsp3) is 0.231. The van der Waals surface area contributed by atoms with Crippen LogP contribution in [0.4, 0.5) is 5.69 Å². The maximum absolute atomic E-state index is 12.8. The maximum Gasteiger partial charge on any atom is 0.338 e. The van der Waals surface area contributed by atoms with E-state index in [2.05, 4.69) is 0 Å². The number of benzene rings is 3. The van der Waals surface area contributed by atoms with Gasteiger partial charge in [-0.15, -0.1) is 0 Å². The van der Waals surface area contributed by atoms with Crippen molar-refractivity contribution in [2.75, 3.05) is 12.8 Å². The van der Waals surface area contributed by atoms with Gasteiger partial charge in [0.25, 0.3) is 20.2 Å². The summed E-state index contributed by atoms with van der Waals surface area (Å²) < 4.78 is 79.5. The Balaban J connectivity index is 0.00000205. The molecule has 1 aliphatic carbocycles. The molecule has 0 radical (unpaired) electrons. The van der Waals surface area contributed by atoms with Crippen LogP contribution in [-0.4, -0.2) is 39.0 Å². The van der Waals surface area contributed by atoms with Crippen LogP contribution in [0.1, 0.15) is 49.5 Å². The van der Waals surface area contributed by atoms with Gasteiger partial charge in [-0.2, -0.15) is 16.8 Å². The third-order valence-corrected chi connectivity index (χ3v) is 7.76. The SMILES string of the molecule is CC.COC(=O)c1cc(C(C)C)ccc1-c1c2ccc(=N)c(S(=O)(=O)O)c-2oc2c(S(=O)(=O)O)c(N)ccc12. The van der Waals surface area contributed by atoms with E-state index in [1.807, 2.05) is 27.7 Å². The van der Waals surface area contributed by atoms with Gasteiger partial charge in [-0.1, -0.05) is 39.8 Å². The van der Waals surface area contributed by atoms with Crippen molar-refractivity contribution in [2.24, 2.45) is 0 Å². The Bertz CT molecular complexity index is 1840. The molecule has 0 fully saturated rings. The Kier molecular flexibility index (Phi) is 8.22. The smallest absolute Gasteiger partial charge is 0.338 e. The number of nitrogens with one attached hydrogen (secondary N) is 1. The molecule has 2 aromatic rings. The molecule has 2 aliphatic rings. The lowest BCUT2D eigenvalue weighted by Gasteiger charge is -2.20. The summed E-state index contributed by atoms with van der Waals surface area (Å²) in [4.78, 5) is 11.1. The second kappa shape index (κ2) is 10.8. The molecule has 0 aromatic heterocycles. The Labute approximate surface area is 225 Å². The number of anilines is 1. The molecule has 0 spiro atoms. The molecule has 4 rings (SSSR count). The average molecular weight is 577 g/mol. The van der Waals surface area contributed by atoms with Gasteiger partial charge >= 0.3 is 5.97 Å². The highest BCUT2D eigenvalue weighted by Crippen LogP contribution is 2.46. The van der Waals surface area contributed by atoms with Gasteiger partial charge in [0.1, 0.15) is 0 Å². The maximum atomic E-state index is 12.8. The van der Waals surface area contributed by atoms with E-state index in [-0.39, 0.29) is 33.6 Å². The minimum absolute atomic E-state index is 0.0275. The van der Waals surface area contributed by atoms with Crippen LogP contribution < -0.4 is 11.1 Å². The molecule has 0 atom stereocenters. The summed E-state index contributed by atoms with van der Waals surface area (Å²) in [6.45, 7) is 7.83. The minimum atomic E-state index is -5.05. The third kappa shape index (κ3) is 5.39. The van der Waals surface area contributed by atoms with Crippen molar-refractivity contribution >= 4 is 42.9 Å². The minimum Gasteiger partial charge on any atom is -0.465 e. The van der Waals surface area contributed by atoms with Gasteiger partial charge < -0.3 is 14.9 Å². The standard InChI is InChI=1S/C24H22N2O9S2.C2H6/c1-11(2)12-4-5-13(16(10-12)24(27)34-3)19-14-6-8-17(25)22(36(28,29)30)20(14)35-21-15(19)7-9-18(26)23(21)37(31,32)33;1-2/h4-11,25H,26H2,1-3H3,(H,28,29,30)(H,31,32,33);1-2H3. The van der Waals surface area contributed by atoms with E-state index in [1.165, 1.54) is 25.3 Å². The van der Waals surface area contributed by atoms with Crippen LogP contribution in [0, 0.1) is 5.41 Å². The van der Waals surface area contributed by atoms with Gasteiger partial charge in [-0.05, 0) is 47.4 Å². The summed E-state index contributed by atoms with van der Waals surface area (Å²) in [6, 6.07) is 9.95. The normalized spacial score (nSPS) is 11.9. The van der Waals surface area contributed by atoms with E-state index < -0.39 is 58.4 Å². The topological polar surface area (TPSA) is 198 Å². The van der Waals surface area contributed by atoms with Crippen molar-refractivity contribution in [3.05, 3.63) is 58.9 Å². The van der Waals surface area contributed by atoms with Gasteiger partial charge in [0.15, 0.2) is 21.1 Å². The van der Waals surface area contributed by atoms with E-state index in [9.17, 15) is 30.7 Å². The predicted octanol–water partition coefficient (Wildman–Crippen LogP) is 4.70. The number of methoxy groups -OCH3 is 1.